The van der Waals surface area contributed by atoms with Crippen LogP contribution in [0.25, 0.3) is 0 Å². The highest BCUT2D eigenvalue weighted by Crippen LogP contribution is 2.29. The number of hydrogen-bond donors (Lipinski definition) is 2. The van der Waals surface area contributed by atoms with Crippen LogP contribution in [0.4, 0.5) is 19.0 Å². The minimum atomic E-state index is -4.49. The first-order valence-corrected chi connectivity index (χ1v) is 6.72. The summed E-state index contributed by atoms with van der Waals surface area (Å²) in [5.41, 5.74) is -0.544. The van der Waals surface area contributed by atoms with E-state index < -0.39 is 11.9 Å². The van der Waals surface area contributed by atoms with Crippen molar-refractivity contribution in [1.82, 2.24) is 10.3 Å². The number of nitrogens with zero attached hydrogens (tertiary/aromatic N) is 1. The molecule has 0 bridgehead atoms. The largest absolute Gasteiger partial charge is 0.433 e. The molecule has 0 aliphatic carbocycles. The quantitative estimate of drug-likeness (QED) is 0.826. The number of aryl methyl sites for hydroxylation is 1. The van der Waals surface area contributed by atoms with Gasteiger partial charge in [-0.1, -0.05) is 13.0 Å². The fourth-order valence-electron chi connectivity index (χ4n) is 2.06. The van der Waals surface area contributed by atoms with Crippen molar-refractivity contribution in [3.63, 3.8) is 0 Å². The summed E-state index contributed by atoms with van der Waals surface area (Å²) in [6.07, 6.45) is -2.84. The predicted octanol–water partition coefficient (Wildman–Crippen LogP) is 2.98. The van der Waals surface area contributed by atoms with Gasteiger partial charge in [0.05, 0.1) is 0 Å². The lowest BCUT2D eigenvalue weighted by atomic mass is 10.1. The third kappa shape index (κ3) is 5.71. The SMILES string of the molecule is CC1CNC(C)C1.Cc1ccc(C(F)(F)F)nc1NC=O. The summed E-state index contributed by atoms with van der Waals surface area (Å²) in [5.74, 6) is 0.838. The topological polar surface area (TPSA) is 54.0 Å². The minimum absolute atomic E-state index is 0.0742. The number of carbonyl (C=O) groups is 1. The average Bonchev–Trinajstić information content (AvgIpc) is 2.75. The molecule has 2 atom stereocenters. The van der Waals surface area contributed by atoms with E-state index in [0.29, 0.717) is 5.56 Å². The maximum Gasteiger partial charge on any atom is 0.433 e. The molecule has 0 aromatic carbocycles. The molecule has 2 heterocycles. The van der Waals surface area contributed by atoms with E-state index in [4.69, 9.17) is 0 Å². The van der Waals surface area contributed by atoms with Crippen LogP contribution in [0.3, 0.4) is 0 Å². The second-order valence-corrected chi connectivity index (χ2v) is 5.27. The van der Waals surface area contributed by atoms with Crippen LogP contribution in [-0.2, 0) is 11.0 Å². The van der Waals surface area contributed by atoms with Crippen molar-refractivity contribution in [1.29, 1.82) is 0 Å². The molecule has 1 saturated heterocycles. The summed E-state index contributed by atoms with van der Waals surface area (Å²) in [5, 5.41) is 5.47. The van der Waals surface area contributed by atoms with Gasteiger partial charge in [0.1, 0.15) is 11.5 Å². The molecule has 1 fully saturated rings. The Hall–Kier alpha value is -1.63. The first-order chi connectivity index (χ1) is 9.74. The van der Waals surface area contributed by atoms with Gasteiger partial charge in [-0.05, 0) is 44.4 Å². The van der Waals surface area contributed by atoms with Gasteiger partial charge in [0.2, 0.25) is 6.41 Å². The number of aromatic nitrogens is 1. The van der Waals surface area contributed by atoms with Crippen LogP contribution in [0.5, 0.6) is 0 Å². The van der Waals surface area contributed by atoms with Crippen LogP contribution in [0.2, 0.25) is 0 Å². The van der Waals surface area contributed by atoms with Crippen LogP contribution in [0, 0.1) is 12.8 Å². The molecule has 1 aromatic heterocycles. The molecule has 2 rings (SSSR count). The Bertz CT molecular complexity index is 469. The number of amides is 1. The van der Waals surface area contributed by atoms with E-state index in [2.05, 4.69) is 29.5 Å². The van der Waals surface area contributed by atoms with Crippen LogP contribution < -0.4 is 10.6 Å². The highest BCUT2D eigenvalue weighted by atomic mass is 19.4. The van der Waals surface area contributed by atoms with E-state index in [0.717, 1.165) is 18.0 Å². The number of hydrogen-bond acceptors (Lipinski definition) is 3. The lowest BCUT2D eigenvalue weighted by Crippen LogP contribution is -2.16. The molecule has 118 valence electrons. The summed E-state index contributed by atoms with van der Waals surface area (Å²) >= 11 is 0. The van der Waals surface area contributed by atoms with Crippen LogP contribution in [0.15, 0.2) is 12.1 Å². The summed E-state index contributed by atoms with van der Waals surface area (Å²) < 4.78 is 36.5. The molecule has 1 aromatic rings. The van der Waals surface area contributed by atoms with E-state index in [1.54, 1.807) is 6.92 Å². The molecule has 1 amide bonds. The van der Waals surface area contributed by atoms with Gasteiger partial charge in [-0.25, -0.2) is 4.98 Å². The number of nitrogens with one attached hydrogen (secondary N) is 2. The van der Waals surface area contributed by atoms with Gasteiger partial charge >= 0.3 is 6.18 Å². The number of pyridine rings is 1. The maximum absolute atomic E-state index is 12.2. The number of halogens is 3. The van der Waals surface area contributed by atoms with Crippen molar-refractivity contribution in [2.75, 3.05) is 11.9 Å². The molecule has 1 aliphatic rings. The predicted molar refractivity (Wildman–Crippen MR) is 74.9 cm³/mol. The van der Waals surface area contributed by atoms with Gasteiger partial charge in [-0.15, -0.1) is 0 Å². The number of anilines is 1. The average molecular weight is 303 g/mol. The molecule has 21 heavy (non-hydrogen) atoms. The third-order valence-corrected chi connectivity index (χ3v) is 3.15. The highest BCUT2D eigenvalue weighted by Gasteiger charge is 2.32. The van der Waals surface area contributed by atoms with Crippen molar-refractivity contribution >= 4 is 12.2 Å². The zero-order valence-corrected chi connectivity index (χ0v) is 12.3. The molecule has 1 aliphatic heterocycles. The van der Waals surface area contributed by atoms with Crippen LogP contribution in [0.1, 0.15) is 31.5 Å². The van der Waals surface area contributed by atoms with E-state index in [1.165, 1.54) is 19.0 Å². The standard InChI is InChI=1S/C8H7F3N2O.C6H13N/c1-5-2-3-6(8(9,10)11)13-7(5)12-4-14;1-5-3-6(2)7-4-5/h2-4H,1H3,(H,12,13,14);5-7H,3-4H2,1-2H3. The van der Waals surface area contributed by atoms with Crippen LogP contribution in [-0.4, -0.2) is 24.0 Å². The minimum Gasteiger partial charge on any atom is -0.314 e. The monoisotopic (exact) mass is 303 g/mol. The van der Waals surface area contributed by atoms with E-state index in [-0.39, 0.29) is 12.2 Å². The molecule has 4 nitrogen and oxygen atoms in total. The van der Waals surface area contributed by atoms with Gasteiger partial charge in [0.15, 0.2) is 0 Å². The molecule has 0 spiro atoms. The number of rotatable bonds is 2. The van der Waals surface area contributed by atoms with Gasteiger partial charge in [-0.3, -0.25) is 4.79 Å². The van der Waals surface area contributed by atoms with Gasteiger partial charge in [0.25, 0.3) is 0 Å². The van der Waals surface area contributed by atoms with Crippen molar-refractivity contribution in [3.05, 3.63) is 23.4 Å². The van der Waals surface area contributed by atoms with Crippen molar-refractivity contribution in [2.24, 2.45) is 5.92 Å². The van der Waals surface area contributed by atoms with Crippen molar-refractivity contribution in [2.45, 2.75) is 39.4 Å². The van der Waals surface area contributed by atoms with E-state index in [9.17, 15) is 18.0 Å². The fraction of sp³-hybridized carbons (Fsp3) is 0.571. The Balaban J connectivity index is 0.000000262. The van der Waals surface area contributed by atoms with Gasteiger partial charge in [0, 0.05) is 6.04 Å². The van der Waals surface area contributed by atoms with Crippen LogP contribution >= 0.6 is 0 Å². The van der Waals surface area contributed by atoms with Crippen molar-refractivity contribution < 1.29 is 18.0 Å². The first kappa shape index (κ1) is 17.4. The molecule has 0 radical (unpaired) electrons. The molecule has 0 saturated carbocycles. The number of carbonyl (C=O) groups excluding carboxylic acids is 1. The Kier molecular flexibility index (Phi) is 6.14. The second kappa shape index (κ2) is 7.40. The number of alkyl halides is 3. The Morgan fingerprint density at radius 2 is 2.05 bits per heavy atom. The first-order valence-electron chi connectivity index (χ1n) is 6.72. The summed E-state index contributed by atoms with van der Waals surface area (Å²) in [4.78, 5) is 13.3. The Labute approximate surface area is 122 Å². The summed E-state index contributed by atoms with van der Waals surface area (Å²) in [6, 6.07) is 2.89. The van der Waals surface area contributed by atoms with Crippen molar-refractivity contribution in [3.8, 4) is 0 Å². The zero-order chi connectivity index (χ0) is 16.0. The maximum atomic E-state index is 12.2. The third-order valence-electron chi connectivity index (χ3n) is 3.15. The lowest BCUT2D eigenvalue weighted by Gasteiger charge is -2.08. The zero-order valence-electron chi connectivity index (χ0n) is 12.3. The molecule has 2 N–H and O–H groups in total. The smallest absolute Gasteiger partial charge is 0.314 e. The Morgan fingerprint density at radius 1 is 1.38 bits per heavy atom. The second-order valence-electron chi connectivity index (χ2n) is 5.27. The van der Waals surface area contributed by atoms with Gasteiger partial charge in [-0.2, -0.15) is 13.2 Å². The highest BCUT2D eigenvalue weighted by molar-refractivity contribution is 5.70. The summed E-state index contributed by atoms with van der Waals surface area (Å²) in [6.45, 7) is 7.31. The lowest BCUT2D eigenvalue weighted by molar-refractivity contribution is -0.141. The fourth-order valence-corrected chi connectivity index (χ4v) is 2.06. The normalized spacial score (nSPS) is 21.4. The molecule has 7 heteroatoms. The molecular formula is C14H20F3N3O. The van der Waals surface area contributed by atoms with E-state index in [1.807, 2.05) is 0 Å². The van der Waals surface area contributed by atoms with E-state index >= 15 is 0 Å². The van der Waals surface area contributed by atoms with Gasteiger partial charge < -0.3 is 10.6 Å². The molecule has 2 unspecified atom stereocenters. The molecular weight excluding hydrogens is 283 g/mol. The Morgan fingerprint density at radius 3 is 2.43 bits per heavy atom. The summed E-state index contributed by atoms with van der Waals surface area (Å²) in [7, 11) is 0.